The van der Waals surface area contributed by atoms with Gasteiger partial charge in [-0.15, -0.1) is 0 Å². The smallest absolute Gasteiger partial charge is 0.266 e. The van der Waals surface area contributed by atoms with Gasteiger partial charge in [-0.2, -0.15) is 4.98 Å². The van der Waals surface area contributed by atoms with Gasteiger partial charge in [0.25, 0.3) is 5.95 Å². The number of aromatic nitrogens is 2. The summed E-state index contributed by atoms with van der Waals surface area (Å²) in [6, 6.07) is 0. The minimum atomic E-state index is -0.0564. The molecule has 88 valence electrons. The molecular weight excluding hydrogens is 210 g/mol. The normalized spacial score (nSPS) is 15.7. The van der Waals surface area contributed by atoms with E-state index in [-0.39, 0.29) is 18.8 Å². The van der Waals surface area contributed by atoms with E-state index in [1.807, 2.05) is 0 Å². The summed E-state index contributed by atoms with van der Waals surface area (Å²) in [6.45, 7) is 2.01. The van der Waals surface area contributed by atoms with Gasteiger partial charge < -0.3 is 14.2 Å². The Bertz CT molecular complexity index is 358. The van der Waals surface area contributed by atoms with Crippen molar-refractivity contribution < 1.29 is 14.1 Å². The van der Waals surface area contributed by atoms with Crippen LogP contribution >= 0.6 is 0 Å². The summed E-state index contributed by atoms with van der Waals surface area (Å²) in [5.74, 6) is 0.904. The summed E-state index contributed by atoms with van der Waals surface area (Å²) in [7, 11) is 1.49. The van der Waals surface area contributed by atoms with E-state index >= 15 is 0 Å². The quantitative estimate of drug-likeness (QED) is 0.723. The zero-order chi connectivity index (χ0) is 11.4. The van der Waals surface area contributed by atoms with Crippen LogP contribution in [-0.2, 0) is 16.0 Å². The van der Waals surface area contributed by atoms with Crippen molar-refractivity contribution in [2.45, 2.75) is 19.3 Å². The van der Waals surface area contributed by atoms with Crippen molar-refractivity contribution in [1.29, 1.82) is 0 Å². The van der Waals surface area contributed by atoms with Crippen molar-refractivity contribution in [3.63, 3.8) is 0 Å². The second-order valence-electron chi connectivity index (χ2n) is 3.83. The molecule has 0 amide bonds. The number of carbonyl (C=O) groups is 1. The molecule has 1 aliphatic rings. The molecule has 0 N–H and O–H groups in total. The monoisotopic (exact) mass is 225 g/mol. The molecule has 1 saturated heterocycles. The molecule has 0 aromatic carbocycles. The van der Waals surface area contributed by atoms with Crippen LogP contribution in [0, 0.1) is 0 Å². The van der Waals surface area contributed by atoms with E-state index in [1.54, 1.807) is 0 Å². The maximum absolute atomic E-state index is 11.3. The van der Waals surface area contributed by atoms with Crippen LogP contribution in [0.5, 0.6) is 0 Å². The van der Waals surface area contributed by atoms with Gasteiger partial charge in [0.05, 0.1) is 6.42 Å². The Morgan fingerprint density at radius 2 is 2.25 bits per heavy atom. The Balaban J connectivity index is 1.93. The predicted molar refractivity (Wildman–Crippen MR) is 56.3 cm³/mol. The molecule has 0 aliphatic carbocycles. The summed E-state index contributed by atoms with van der Waals surface area (Å²) in [4.78, 5) is 17.5. The fourth-order valence-corrected chi connectivity index (χ4v) is 1.74. The van der Waals surface area contributed by atoms with Gasteiger partial charge in [0, 0.05) is 20.2 Å². The molecule has 6 heteroatoms. The van der Waals surface area contributed by atoms with E-state index in [0.29, 0.717) is 11.8 Å². The topological polar surface area (TPSA) is 68.5 Å². The van der Waals surface area contributed by atoms with E-state index in [4.69, 9.17) is 9.26 Å². The largest absolute Gasteiger partial charge is 0.377 e. The number of ether oxygens (including phenoxy) is 1. The van der Waals surface area contributed by atoms with Gasteiger partial charge in [-0.25, -0.2) is 0 Å². The number of carbonyl (C=O) groups excluding carboxylic acids is 1. The van der Waals surface area contributed by atoms with E-state index < -0.39 is 0 Å². The van der Waals surface area contributed by atoms with Crippen LogP contribution in [0.25, 0.3) is 0 Å². The fraction of sp³-hybridized carbons (Fsp3) is 0.700. The van der Waals surface area contributed by atoms with Crippen molar-refractivity contribution in [3.8, 4) is 0 Å². The summed E-state index contributed by atoms with van der Waals surface area (Å²) < 4.78 is 9.75. The van der Waals surface area contributed by atoms with Gasteiger partial charge in [0.15, 0.2) is 5.78 Å². The zero-order valence-electron chi connectivity index (χ0n) is 9.31. The van der Waals surface area contributed by atoms with Gasteiger partial charge in [-0.05, 0) is 18.0 Å². The first-order chi connectivity index (χ1) is 7.79. The SMILES string of the molecule is COCC(=O)Cc1nc(N2CCCC2)no1. The maximum atomic E-state index is 11.3. The summed E-state index contributed by atoms with van der Waals surface area (Å²) in [6.07, 6.45) is 2.47. The first kappa shape index (κ1) is 11.1. The van der Waals surface area contributed by atoms with E-state index in [2.05, 4.69) is 15.0 Å². The third kappa shape index (κ3) is 2.57. The summed E-state index contributed by atoms with van der Waals surface area (Å²) in [5.41, 5.74) is 0. The highest BCUT2D eigenvalue weighted by atomic mass is 16.5. The van der Waals surface area contributed by atoms with Crippen LogP contribution < -0.4 is 4.90 Å². The van der Waals surface area contributed by atoms with E-state index in [9.17, 15) is 4.79 Å². The Morgan fingerprint density at radius 1 is 1.50 bits per heavy atom. The van der Waals surface area contributed by atoms with Gasteiger partial charge in [-0.3, -0.25) is 4.79 Å². The molecule has 0 bridgehead atoms. The number of hydrogen-bond acceptors (Lipinski definition) is 6. The molecule has 1 fully saturated rings. The van der Waals surface area contributed by atoms with Crippen molar-refractivity contribution >= 4 is 11.7 Å². The van der Waals surface area contributed by atoms with Crippen molar-refractivity contribution in [2.24, 2.45) is 0 Å². The second-order valence-corrected chi connectivity index (χ2v) is 3.83. The lowest BCUT2D eigenvalue weighted by Gasteiger charge is -2.09. The predicted octanol–water partition coefficient (Wildman–Crippen LogP) is 0.428. The van der Waals surface area contributed by atoms with Gasteiger partial charge in [-0.1, -0.05) is 0 Å². The molecule has 0 radical (unpaired) electrons. The molecule has 2 rings (SSSR count). The Labute approximate surface area is 93.6 Å². The van der Waals surface area contributed by atoms with Crippen molar-refractivity contribution in [2.75, 3.05) is 31.7 Å². The third-order valence-electron chi connectivity index (χ3n) is 2.50. The highest BCUT2D eigenvalue weighted by Gasteiger charge is 2.18. The standard InChI is InChI=1S/C10H15N3O3/c1-15-7-8(14)6-9-11-10(12-16-9)13-4-2-3-5-13/h2-7H2,1H3. The number of Topliss-reactive ketones (excluding diaryl/α,β-unsaturated/α-hetero) is 1. The highest BCUT2D eigenvalue weighted by Crippen LogP contribution is 2.16. The fourth-order valence-electron chi connectivity index (χ4n) is 1.74. The molecule has 1 aromatic heterocycles. The second kappa shape index (κ2) is 5.07. The molecule has 0 saturated carbocycles. The molecule has 1 aromatic rings. The van der Waals surface area contributed by atoms with Crippen LogP contribution in [0.4, 0.5) is 5.95 Å². The van der Waals surface area contributed by atoms with Crippen LogP contribution in [0.2, 0.25) is 0 Å². The van der Waals surface area contributed by atoms with Gasteiger partial charge >= 0.3 is 0 Å². The Hall–Kier alpha value is -1.43. The van der Waals surface area contributed by atoms with Gasteiger partial charge in [0.2, 0.25) is 5.89 Å². The first-order valence-electron chi connectivity index (χ1n) is 5.38. The number of methoxy groups -OCH3 is 1. The molecule has 2 heterocycles. The van der Waals surface area contributed by atoms with Crippen LogP contribution in [0.15, 0.2) is 4.52 Å². The number of hydrogen-bond donors (Lipinski definition) is 0. The molecular formula is C10H15N3O3. The third-order valence-corrected chi connectivity index (χ3v) is 2.50. The molecule has 0 atom stereocenters. The molecule has 0 spiro atoms. The highest BCUT2D eigenvalue weighted by molar-refractivity contribution is 5.81. The van der Waals surface area contributed by atoms with Crippen LogP contribution in [0.3, 0.4) is 0 Å². The lowest BCUT2D eigenvalue weighted by atomic mass is 10.3. The molecule has 0 unspecified atom stereocenters. The average Bonchev–Trinajstić information content (AvgIpc) is 2.86. The first-order valence-corrected chi connectivity index (χ1v) is 5.38. The minimum absolute atomic E-state index is 0.0564. The van der Waals surface area contributed by atoms with E-state index in [1.165, 1.54) is 7.11 Å². The van der Waals surface area contributed by atoms with E-state index in [0.717, 1.165) is 25.9 Å². The number of rotatable bonds is 5. The average molecular weight is 225 g/mol. The number of anilines is 1. The molecule has 16 heavy (non-hydrogen) atoms. The number of ketones is 1. The molecule has 1 aliphatic heterocycles. The lowest BCUT2D eigenvalue weighted by molar-refractivity contribution is -0.122. The summed E-state index contributed by atoms with van der Waals surface area (Å²) in [5, 5.41) is 3.86. The van der Waals surface area contributed by atoms with Crippen LogP contribution in [-0.4, -0.2) is 42.7 Å². The van der Waals surface area contributed by atoms with Crippen molar-refractivity contribution in [3.05, 3.63) is 5.89 Å². The Kier molecular flexibility index (Phi) is 3.51. The maximum Gasteiger partial charge on any atom is 0.266 e. The lowest BCUT2D eigenvalue weighted by Crippen LogP contribution is -2.19. The minimum Gasteiger partial charge on any atom is -0.377 e. The summed E-state index contributed by atoms with van der Waals surface area (Å²) >= 11 is 0. The van der Waals surface area contributed by atoms with Crippen molar-refractivity contribution in [1.82, 2.24) is 10.1 Å². The van der Waals surface area contributed by atoms with Gasteiger partial charge in [0.1, 0.15) is 6.61 Å². The zero-order valence-corrected chi connectivity index (χ0v) is 9.31. The van der Waals surface area contributed by atoms with Crippen LogP contribution in [0.1, 0.15) is 18.7 Å². The molecule has 6 nitrogen and oxygen atoms in total. The Morgan fingerprint density at radius 3 is 2.94 bits per heavy atom. The number of nitrogens with zero attached hydrogens (tertiary/aromatic N) is 3.